The van der Waals surface area contributed by atoms with Crippen LogP contribution in [0.3, 0.4) is 0 Å². The molecule has 2 nitrogen and oxygen atoms in total. The number of benzene rings is 1. The Bertz CT molecular complexity index is 527. The minimum Gasteiger partial charge on any atom is -0.346 e. The van der Waals surface area contributed by atoms with E-state index in [0.29, 0.717) is 6.04 Å². The van der Waals surface area contributed by atoms with Gasteiger partial charge in [-0.15, -0.1) is 0 Å². The lowest BCUT2D eigenvalue weighted by Crippen LogP contribution is -2.29. The first kappa shape index (κ1) is 15.1. The minimum absolute atomic E-state index is 0.630. The number of rotatable bonds is 8. The summed E-state index contributed by atoms with van der Waals surface area (Å²) in [5.74, 6) is 0. The van der Waals surface area contributed by atoms with Crippen molar-refractivity contribution in [2.24, 2.45) is 0 Å². The summed E-state index contributed by atoms with van der Waals surface area (Å²) in [6.07, 6.45) is 7.50. The summed E-state index contributed by atoms with van der Waals surface area (Å²) in [6.45, 7) is 8.80. The molecule has 1 aromatic heterocycles. The maximum Gasteiger partial charge on any atom is 0.0480 e. The van der Waals surface area contributed by atoms with E-state index in [1.165, 1.54) is 42.1 Å². The van der Waals surface area contributed by atoms with Gasteiger partial charge in [-0.2, -0.15) is 0 Å². The van der Waals surface area contributed by atoms with E-state index in [-0.39, 0.29) is 0 Å². The molecule has 2 aromatic rings. The molecular weight excluding hydrogens is 244 g/mol. The minimum atomic E-state index is 0.630. The van der Waals surface area contributed by atoms with Crippen LogP contribution in [-0.4, -0.2) is 17.2 Å². The number of unbranched alkanes of at least 4 members (excludes halogenated alkanes) is 2. The average Bonchev–Trinajstić information content (AvgIpc) is 2.81. The monoisotopic (exact) mass is 272 g/mol. The van der Waals surface area contributed by atoms with Gasteiger partial charge in [-0.05, 0) is 43.9 Å². The molecule has 2 heteroatoms. The van der Waals surface area contributed by atoms with Crippen LogP contribution in [0.25, 0.3) is 10.9 Å². The maximum absolute atomic E-state index is 3.64. The second kappa shape index (κ2) is 7.49. The Morgan fingerprint density at radius 3 is 2.85 bits per heavy atom. The van der Waals surface area contributed by atoms with E-state index >= 15 is 0 Å². The lowest BCUT2D eigenvalue weighted by molar-refractivity contribution is 0.473. The molecule has 20 heavy (non-hydrogen) atoms. The molecule has 0 bridgehead atoms. The van der Waals surface area contributed by atoms with Gasteiger partial charge in [-0.3, -0.25) is 0 Å². The first-order chi connectivity index (χ1) is 9.70. The first-order valence-corrected chi connectivity index (χ1v) is 7.99. The fraction of sp³-hybridized carbons (Fsp3) is 0.556. The van der Waals surface area contributed by atoms with Crippen molar-refractivity contribution in [3.8, 4) is 0 Å². The van der Waals surface area contributed by atoms with Crippen LogP contribution in [0.2, 0.25) is 0 Å². The van der Waals surface area contributed by atoms with Crippen LogP contribution < -0.4 is 5.32 Å². The van der Waals surface area contributed by atoms with Crippen molar-refractivity contribution >= 4 is 10.9 Å². The van der Waals surface area contributed by atoms with Crippen molar-refractivity contribution in [2.45, 2.75) is 59.0 Å². The number of hydrogen-bond acceptors (Lipinski definition) is 1. The molecule has 1 heterocycles. The molecule has 0 fully saturated rings. The van der Waals surface area contributed by atoms with Gasteiger partial charge in [-0.25, -0.2) is 0 Å². The molecule has 0 saturated carbocycles. The second-order valence-electron chi connectivity index (χ2n) is 5.92. The SMILES string of the molecule is CCCCCC(C)NCCn1ccc2cc(C)ccc21. The number of nitrogens with one attached hydrogen (secondary N) is 1. The highest BCUT2D eigenvalue weighted by atomic mass is 15.0. The zero-order valence-electron chi connectivity index (χ0n) is 13.2. The van der Waals surface area contributed by atoms with Gasteiger partial charge in [0.05, 0.1) is 0 Å². The third-order valence-electron chi connectivity index (χ3n) is 4.01. The normalized spacial score (nSPS) is 12.9. The average molecular weight is 272 g/mol. The van der Waals surface area contributed by atoms with E-state index in [9.17, 15) is 0 Å². The molecule has 0 amide bonds. The smallest absolute Gasteiger partial charge is 0.0480 e. The van der Waals surface area contributed by atoms with Gasteiger partial charge in [0.15, 0.2) is 0 Å². The Morgan fingerprint density at radius 2 is 2.05 bits per heavy atom. The third-order valence-corrected chi connectivity index (χ3v) is 4.01. The lowest BCUT2D eigenvalue weighted by Gasteiger charge is -2.14. The molecule has 0 aliphatic heterocycles. The molecule has 0 spiro atoms. The van der Waals surface area contributed by atoms with Crippen molar-refractivity contribution in [3.05, 3.63) is 36.0 Å². The Kier molecular flexibility index (Phi) is 5.66. The van der Waals surface area contributed by atoms with Crippen molar-refractivity contribution < 1.29 is 0 Å². The predicted octanol–water partition coefficient (Wildman–Crippen LogP) is 4.51. The summed E-state index contributed by atoms with van der Waals surface area (Å²) in [6, 6.07) is 9.53. The Hall–Kier alpha value is -1.28. The van der Waals surface area contributed by atoms with Gasteiger partial charge in [0, 0.05) is 30.8 Å². The van der Waals surface area contributed by atoms with Crippen molar-refractivity contribution in [3.63, 3.8) is 0 Å². The van der Waals surface area contributed by atoms with Crippen molar-refractivity contribution in [1.82, 2.24) is 9.88 Å². The summed E-state index contributed by atoms with van der Waals surface area (Å²) in [4.78, 5) is 0. The lowest BCUT2D eigenvalue weighted by atomic mass is 10.1. The van der Waals surface area contributed by atoms with Gasteiger partial charge < -0.3 is 9.88 Å². The Morgan fingerprint density at radius 1 is 1.20 bits per heavy atom. The van der Waals surface area contributed by atoms with Crippen molar-refractivity contribution in [1.29, 1.82) is 0 Å². The van der Waals surface area contributed by atoms with Gasteiger partial charge in [0.25, 0.3) is 0 Å². The third kappa shape index (κ3) is 4.11. The highest BCUT2D eigenvalue weighted by Gasteiger charge is 2.03. The molecule has 1 unspecified atom stereocenters. The van der Waals surface area contributed by atoms with Crippen LogP contribution in [-0.2, 0) is 6.54 Å². The molecule has 1 aromatic carbocycles. The zero-order valence-corrected chi connectivity index (χ0v) is 13.2. The van der Waals surface area contributed by atoms with E-state index in [1.54, 1.807) is 0 Å². The molecule has 0 radical (unpaired) electrons. The Balaban J connectivity index is 1.81. The molecule has 0 aliphatic rings. The highest BCUT2D eigenvalue weighted by molar-refractivity contribution is 5.80. The van der Waals surface area contributed by atoms with Crippen LogP contribution in [0.4, 0.5) is 0 Å². The summed E-state index contributed by atoms with van der Waals surface area (Å²) >= 11 is 0. The van der Waals surface area contributed by atoms with Crippen LogP contribution in [0, 0.1) is 6.92 Å². The summed E-state index contributed by atoms with van der Waals surface area (Å²) in [7, 11) is 0. The predicted molar refractivity (Wildman–Crippen MR) is 88.3 cm³/mol. The highest BCUT2D eigenvalue weighted by Crippen LogP contribution is 2.17. The number of aryl methyl sites for hydroxylation is 1. The van der Waals surface area contributed by atoms with Gasteiger partial charge in [0.1, 0.15) is 0 Å². The van der Waals surface area contributed by atoms with Crippen molar-refractivity contribution in [2.75, 3.05) is 6.54 Å². The van der Waals surface area contributed by atoms with Crippen LogP contribution >= 0.6 is 0 Å². The van der Waals surface area contributed by atoms with Gasteiger partial charge >= 0.3 is 0 Å². The summed E-state index contributed by atoms with van der Waals surface area (Å²) < 4.78 is 2.35. The molecule has 2 rings (SSSR count). The van der Waals surface area contributed by atoms with E-state index in [1.807, 2.05) is 0 Å². The summed E-state index contributed by atoms with van der Waals surface area (Å²) in [5.41, 5.74) is 2.67. The molecule has 0 saturated heterocycles. The van der Waals surface area contributed by atoms with Crippen LogP contribution in [0.5, 0.6) is 0 Å². The van der Waals surface area contributed by atoms with Crippen LogP contribution in [0.15, 0.2) is 30.5 Å². The topological polar surface area (TPSA) is 17.0 Å². The largest absolute Gasteiger partial charge is 0.346 e. The molecule has 0 aliphatic carbocycles. The molecule has 110 valence electrons. The number of hydrogen-bond donors (Lipinski definition) is 1. The molecular formula is C18H28N2. The quantitative estimate of drug-likeness (QED) is 0.700. The fourth-order valence-corrected chi connectivity index (χ4v) is 2.75. The molecule has 1 atom stereocenters. The van der Waals surface area contributed by atoms with Gasteiger partial charge in [-0.1, -0.05) is 37.8 Å². The Labute approximate surface area is 123 Å². The second-order valence-corrected chi connectivity index (χ2v) is 5.92. The number of nitrogens with zero attached hydrogens (tertiary/aromatic N) is 1. The standard InChI is InChI=1S/C18H28N2/c1-4-5-6-7-16(3)19-11-13-20-12-10-17-14-15(2)8-9-18(17)20/h8-10,12,14,16,19H,4-7,11,13H2,1-3H3. The number of fused-ring (bicyclic) bond motifs is 1. The number of aromatic nitrogens is 1. The summed E-state index contributed by atoms with van der Waals surface area (Å²) in [5, 5.41) is 4.98. The first-order valence-electron chi connectivity index (χ1n) is 7.99. The maximum atomic E-state index is 3.64. The zero-order chi connectivity index (χ0) is 14.4. The molecule has 1 N–H and O–H groups in total. The van der Waals surface area contributed by atoms with E-state index in [0.717, 1.165) is 13.1 Å². The van der Waals surface area contributed by atoms with E-state index < -0.39 is 0 Å². The van der Waals surface area contributed by atoms with Gasteiger partial charge in [0.2, 0.25) is 0 Å². The van der Waals surface area contributed by atoms with Crippen LogP contribution in [0.1, 0.15) is 45.1 Å². The van der Waals surface area contributed by atoms with E-state index in [2.05, 4.69) is 61.1 Å². The fourth-order valence-electron chi connectivity index (χ4n) is 2.75. The van der Waals surface area contributed by atoms with E-state index in [4.69, 9.17) is 0 Å².